The third-order valence-electron chi connectivity index (χ3n) is 4.17. The monoisotopic (exact) mass is 391 g/mol. The van der Waals surface area contributed by atoms with Crippen LogP contribution in [0.25, 0.3) is 0 Å². The van der Waals surface area contributed by atoms with E-state index in [0.29, 0.717) is 4.57 Å². The Morgan fingerprint density at radius 2 is 1.88 bits per heavy atom. The molecule has 0 aliphatic rings. The van der Waals surface area contributed by atoms with Crippen LogP contribution in [-0.2, 0) is 9.30 Å². The zero-order chi connectivity index (χ0) is 20.3. The standard InChI is InChI=1S/C15H26N3O7P/c1-9(2)15(10(3)4,26(22,23)24)25-11(8-19)7-13(20)18-6-5-12(16)17-14(18)21/h5-6,9-11,19H,7-8H2,1-4H3,(H2,16,17,21)(H2,22,23,24)/t11-/m1/s1. The van der Waals surface area contributed by atoms with Crippen molar-refractivity contribution in [2.75, 3.05) is 12.3 Å². The number of anilines is 1. The van der Waals surface area contributed by atoms with E-state index in [1.807, 2.05) is 0 Å². The van der Waals surface area contributed by atoms with E-state index in [1.165, 1.54) is 6.07 Å². The molecule has 0 saturated carbocycles. The van der Waals surface area contributed by atoms with Gasteiger partial charge in [-0.1, -0.05) is 27.7 Å². The van der Waals surface area contributed by atoms with E-state index in [4.69, 9.17) is 10.5 Å². The van der Waals surface area contributed by atoms with Gasteiger partial charge >= 0.3 is 13.3 Å². The molecule has 0 spiro atoms. The predicted molar refractivity (Wildman–Crippen MR) is 94.6 cm³/mol. The van der Waals surface area contributed by atoms with Crippen LogP contribution < -0.4 is 11.4 Å². The van der Waals surface area contributed by atoms with Crippen LogP contribution in [0.3, 0.4) is 0 Å². The zero-order valence-electron chi connectivity index (χ0n) is 15.2. The maximum atomic E-state index is 12.3. The molecule has 10 nitrogen and oxygen atoms in total. The topological polar surface area (TPSA) is 165 Å². The average molecular weight is 391 g/mol. The van der Waals surface area contributed by atoms with Crippen LogP contribution in [0.1, 0.15) is 38.9 Å². The van der Waals surface area contributed by atoms with Gasteiger partial charge in [0.05, 0.1) is 19.1 Å². The Hall–Kier alpha value is -1.58. The number of hydrogen-bond donors (Lipinski definition) is 4. The van der Waals surface area contributed by atoms with Gasteiger partial charge < -0.3 is 25.4 Å². The molecule has 0 saturated heterocycles. The van der Waals surface area contributed by atoms with Crippen LogP contribution in [0.15, 0.2) is 17.1 Å². The second kappa shape index (κ2) is 8.41. The van der Waals surface area contributed by atoms with Gasteiger partial charge in [-0.3, -0.25) is 9.36 Å². The van der Waals surface area contributed by atoms with Crippen molar-refractivity contribution in [1.29, 1.82) is 0 Å². The van der Waals surface area contributed by atoms with Gasteiger partial charge in [-0.2, -0.15) is 4.98 Å². The van der Waals surface area contributed by atoms with Gasteiger partial charge in [0.15, 0.2) is 5.34 Å². The van der Waals surface area contributed by atoms with Gasteiger partial charge in [0.2, 0.25) is 5.91 Å². The van der Waals surface area contributed by atoms with Crippen molar-refractivity contribution in [2.45, 2.75) is 45.6 Å². The molecule has 1 heterocycles. The lowest BCUT2D eigenvalue weighted by molar-refractivity contribution is -0.118. The first kappa shape index (κ1) is 22.5. The fourth-order valence-corrected chi connectivity index (χ4v) is 4.62. The molecule has 0 aliphatic carbocycles. The van der Waals surface area contributed by atoms with E-state index in [0.717, 1.165) is 6.20 Å². The van der Waals surface area contributed by atoms with Crippen molar-refractivity contribution < 1.29 is 29.0 Å². The minimum Gasteiger partial charge on any atom is -0.394 e. The Morgan fingerprint density at radius 3 is 2.27 bits per heavy atom. The number of rotatable bonds is 8. The minimum atomic E-state index is -4.76. The van der Waals surface area contributed by atoms with Crippen molar-refractivity contribution in [2.24, 2.45) is 11.8 Å². The van der Waals surface area contributed by atoms with Crippen LogP contribution in [-0.4, -0.2) is 48.4 Å². The lowest BCUT2D eigenvalue weighted by Crippen LogP contribution is -2.47. The Bertz CT molecular complexity index is 733. The summed E-state index contributed by atoms with van der Waals surface area (Å²) in [6.45, 7) is 5.69. The Kier molecular flexibility index (Phi) is 7.26. The molecule has 1 aromatic rings. The first-order valence-corrected chi connectivity index (χ1v) is 9.70. The summed E-state index contributed by atoms with van der Waals surface area (Å²) in [5.74, 6) is -2.00. The van der Waals surface area contributed by atoms with Gasteiger partial charge in [-0.25, -0.2) is 9.36 Å². The largest absolute Gasteiger partial charge is 0.394 e. The summed E-state index contributed by atoms with van der Waals surface area (Å²) >= 11 is 0. The number of aliphatic hydroxyl groups excluding tert-OH is 1. The maximum absolute atomic E-state index is 12.3. The fraction of sp³-hybridized carbons (Fsp3) is 0.667. The van der Waals surface area contributed by atoms with Crippen molar-refractivity contribution in [1.82, 2.24) is 9.55 Å². The van der Waals surface area contributed by atoms with Crippen LogP contribution in [0, 0.1) is 11.8 Å². The van der Waals surface area contributed by atoms with Crippen molar-refractivity contribution in [3.05, 3.63) is 22.7 Å². The molecule has 0 amide bonds. The number of ether oxygens (including phenoxy) is 1. The van der Waals surface area contributed by atoms with Gasteiger partial charge in [-0.15, -0.1) is 0 Å². The number of nitrogens with zero attached hydrogens (tertiary/aromatic N) is 2. The third-order valence-corrected chi connectivity index (χ3v) is 6.21. The fourth-order valence-electron chi connectivity index (χ4n) is 2.99. The molecule has 26 heavy (non-hydrogen) atoms. The van der Waals surface area contributed by atoms with Crippen molar-refractivity contribution in [3.63, 3.8) is 0 Å². The maximum Gasteiger partial charge on any atom is 0.357 e. The molecule has 0 aliphatic heterocycles. The molecule has 0 bridgehead atoms. The normalized spacial score (nSPS) is 14.0. The quantitative estimate of drug-likeness (QED) is 0.459. The SMILES string of the molecule is CC(C)C(O[C@@H](CO)CC(=O)n1ccc(N)nc1=O)(C(C)C)P(=O)(O)O. The number of aromatic nitrogens is 2. The van der Waals surface area contributed by atoms with Crippen LogP contribution in [0.5, 0.6) is 0 Å². The van der Waals surface area contributed by atoms with Gasteiger partial charge in [0.1, 0.15) is 5.82 Å². The van der Waals surface area contributed by atoms with Gasteiger partial charge in [-0.05, 0) is 17.9 Å². The molecule has 148 valence electrons. The van der Waals surface area contributed by atoms with Crippen molar-refractivity contribution in [3.8, 4) is 0 Å². The van der Waals surface area contributed by atoms with Crippen LogP contribution >= 0.6 is 7.60 Å². The first-order valence-electron chi connectivity index (χ1n) is 8.09. The summed E-state index contributed by atoms with van der Waals surface area (Å²) in [6, 6.07) is 1.26. The molecule has 0 aromatic carbocycles. The number of carbonyl (C=O) groups excluding carboxylic acids is 1. The molecule has 5 N–H and O–H groups in total. The molecule has 0 unspecified atom stereocenters. The van der Waals surface area contributed by atoms with E-state index in [-0.39, 0.29) is 5.82 Å². The van der Waals surface area contributed by atoms with Gasteiger partial charge in [0, 0.05) is 6.20 Å². The molecule has 1 atom stereocenters. The molecule has 11 heteroatoms. The highest BCUT2D eigenvalue weighted by atomic mass is 31.2. The average Bonchev–Trinajstić information content (AvgIpc) is 2.48. The van der Waals surface area contributed by atoms with Gasteiger partial charge in [0.25, 0.3) is 0 Å². The third kappa shape index (κ3) is 4.57. The van der Waals surface area contributed by atoms with E-state index < -0.39 is 55.5 Å². The number of hydrogen-bond acceptors (Lipinski definition) is 7. The second-order valence-electron chi connectivity index (χ2n) is 6.63. The van der Waals surface area contributed by atoms with E-state index >= 15 is 0 Å². The molecule has 1 rings (SSSR count). The molecule has 0 fully saturated rings. The molecule has 0 radical (unpaired) electrons. The first-order chi connectivity index (χ1) is 11.9. The van der Waals surface area contributed by atoms with E-state index in [9.17, 15) is 29.0 Å². The Balaban J connectivity index is 3.15. The highest BCUT2D eigenvalue weighted by Gasteiger charge is 2.54. The molecular weight excluding hydrogens is 365 g/mol. The number of aliphatic hydroxyl groups is 1. The second-order valence-corrected chi connectivity index (χ2v) is 8.42. The molecule has 1 aromatic heterocycles. The Morgan fingerprint density at radius 1 is 1.35 bits per heavy atom. The highest BCUT2D eigenvalue weighted by molar-refractivity contribution is 7.53. The smallest absolute Gasteiger partial charge is 0.357 e. The zero-order valence-corrected chi connectivity index (χ0v) is 16.1. The Labute approximate surface area is 151 Å². The summed E-state index contributed by atoms with van der Waals surface area (Å²) in [5, 5.41) is 7.69. The lowest BCUT2D eigenvalue weighted by Gasteiger charge is -2.43. The summed E-state index contributed by atoms with van der Waals surface area (Å²) < 4.78 is 18.5. The number of nitrogen functional groups attached to an aromatic ring is 1. The number of nitrogens with two attached hydrogens (primary N) is 1. The number of carbonyl (C=O) groups is 1. The van der Waals surface area contributed by atoms with E-state index in [1.54, 1.807) is 27.7 Å². The van der Waals surface area contributed by atoms with E-state index in [2.05, 4.69) is 4.98 Å². The summed E-state index contributed by atoms with van der Waals surface area (Å²) in [6.07, 6.45) is -0.546. The van der Waals surface area contributed by atoms with Crippen LogP contribution in [0.2, 0.25) is 0 Å². The van der Waals surface area contributed by atoms with Crippen LogP contribution in [0.4, 0.5) is 5.82 Å². The molecular formula is C15H26N3O7P. The minimum absolute atomic E-state index is 0.0471. The summed E-state index contributed by atoms with van der Waals surface area (Å²) in [7, 11) is -4.76. The highest BCUT2D eigenvalue weighted by Crippen LogP contribution is 2.59. The summed E-state index contributed by atoms with van der Waals surface area (Å²) in [4.78, 5) is 47.2. The summed E-state index contributed by atoms with van der Waals surface area (Å²) in [5.41, 5.74) is 4.48. The lowest BCUT2D eigenvalue weighted by atomic mass is 9.94. The predicted octanol–water partition coefficient (Wildman–Crippen LogP) is 0.419. The van der Waals surface area contributed by atoms with Crippen molar-refractivity contribution >= 4 is 19.3 Å².